The molecule has 84 valence electrons. The van der Waals surface area contributed by atoms with Gasteiger partial charge in [-0.2, -0.15) is 0 Å². The fourth-order valence-corrected chi connectivity index (χ4v) is 3.32. The standard InChI is InChI=1S/C12H19NO2/c1-7-4-9(7)12(15)13-5-8-2-3-11(14)10(8)6-13/h7-11,14H,2-6H2,1H3. The van der Waals surface area contributed by atoms with E-state index in [1.54, 1.807) is 0 Å². The molecular formula is C12H19NO2. The molecule has 0 spiro atoms. The van der Waals surface area contributed by atoms with Crippen LogP contribution in [0.1, 0.15) is 26.2 Å². The Kier molecular flexibility index (Phi) is 2.06. The molecule has 1 saturated heterocycles. The van der Waals surface area contributed by atoms with Gasteiger partial charge in [-0.3, -0.25) is 4.79 Å². The molecule has 0 radical (unpaired) electrons. The molecule has 0 aromatic rings. The Morgan fingerprint density at radius 1 is 1.33 bits per heavy atom. The Bertz CT molecular complexity index is 291. The van der Waals surface area contributed by atoms with E-state index in [9.17, 15) is 9.90 Å². The SMILES string of the molecule is CC1CC1C(=O)N1CC2CCC(O)C2C1. The molecule has 2 saturated carbocycles. The number of hydrogen-bond acceptors (Lipinski definition) is 2. The molecule has 1 aliphatic heterocycles. The summed E-state index contributed by atoms with van der Waals surface area (Å²) in [6.07, 6.45) is 2.98. The van der Waals surface area contributed by atoms with Gasteiger partial charge < -0.3 is 10.0 Å². The Balaban J connectivity index is 1.64. The number of fused-ring (bicyclic) bond motifs is 1. The van der Waals surface area contributed by atoms with Gasteiger partial charge in [0.05, 0.1) is 6.10 Å². The quantitative estimate of drug-likeness (QED) is 0.696. The highest BCUT2D eigenvalue weighted by atomic mass is 16.3. The Hall–Kier alpha value is -0.570. The molecular weight excluding hydrogens is 190 g/mol. The number of aliphatic hydroxyl groups excluding tert-OH is 1. The van der Waals surface area contributed by atoms with Crippen LogP contribution in [0.5, 0.6) is 0 Å². The fraction of sp³-hybridized carbons (Fsp3) is 0.917. The summed E-state index contributed by atoms with van der Waals surface area (Å²) in [5.74, 6) is 2.22. The summed E-state index contributed by atoms with van der Waals surface area (Å²) < 4.78 is 0. The maximum Gasteiger partial charge on any atom is 0.225 e. The number of amides is 1. The first-order valence-corrected chi connectivity index (χ1v) is 6.13. The molecule has 5 unspecified atom stereocenters. The minimum Gasteiger partial charge on any atom is -0.393 e. The minimum atomic E-state index is -0.149. The van der Waals surface area contributed by atoms with Crippen molar-refractivity contribution in [3.8, 4) is 0 Å². The van der Waals surface area contributed by atoms with E-state index in [1.807, 2.05) is 4.90 Å². The van der Waals surface area contributed by atoms with Gasteiger partial charge in [0.2, 0.25) is 5.91 Å². The summed E-state index contributed by atoms with van der Waals surface area (Å²) in [6, 6.07) is 0. The number of nitrogens with zero attached hydrogens (tertiary/aromatic N) is 1. The number of likely N-dealkylation sites (tertiary alicyclic amines) is 1. The predicted octanol–water partition coefficient (Wildman–Crippen LogP) is 0.872. The second kappa shape index (κ2) is 3.21. The zero-order chi connectivity index (χ0) is 10.6. The predicted molar refractivity (Wildman–Crippen MR) is 56.1 cm³/mol. The highest BCUT2D eigenvalue weighted by Crippen LogP contribution is 2.43. The Labute approximate surface area is 90.5 Å². The molecule has 3 heteroatoms. The number of carbonyl (C=O) groups excluding carboxylic acids is 1. The van der Waals surface area contributed by atoms with Gasteiger partial charge in [0, 0.05) is 24.9 Å². The van der Waals surface area contributed by atoms with E-state index >= 15 is 0 Å². The van der Waals surface area contributed by atoms with Gasteiger partial charge in [-0.15, -0.1) is 0 Å². The van der Waals surface area contributed by atoms with E-state index in [1.165, 1.54) is 0 Å². The van der Waals surface area contributed by atoms with Crippen LogP contribution in [0.3, 0.4) is 0 Å². The Morgan fingerprint density at radius 2 is 2.07 bits per heavy atom. The van der Waals surface area contributed by atoms with E-state index in [2.05, 4.69) is 6.92 Å². The molecule has 0 aromatic carbocycles. The molecule has 0 bridgehead atoms. The van der Waals surface area contributed by atoms with Crippen LogP contribution in [0.2, 0.25) is 0 Å². The zero-order valence-corrected chi connectivity index (χ0v) is 9.22. The van der Waals surface area contributed by atoms with Crippen LogP contribution in [-0.2, 0) is 4.79 Å². The lowest BCUT2D eigenvalue weighted by molar-refractivity contribution is -0.132. The number of rotatable bonds is 1. The van der Waals surface area contributed by atoms with Gasteiger partial charge in [0.25, 0.3) is 0 Å². The summed E-state index contributed by atoms with van der Waals surface area (Å²) >= 11 is 0. The minimum absolute atomic E-state index is 0.149. The monoisotopic (exact) mass is 209 g/mol. The van der Waals surface area contributed by atoms with Gasteiger partial charge in [-0.1, -0.05) is 6.92 Å². The summed E-state index contributed by atoms with van der Waals surface area (Å²) in [5, 5.41) is 9.77. The van der Waals surface area contributed by atoms with Crippen molar-refractivity contribution in [1.82, 2.24) is 4.90 Å². The summed E-state index contributed by atoms with van der Waals surface area (Å²) in [5.41, 5.74) is 0. The Morgan fingerprint density at radius 3 is 2.67 bits per heavy atom. The molecule has 3 aliphatic rings. The molecule has 0 aromatic heterocycles. The third-order valence-electron chi connectivity index (χ3n) is 4.56. The van der Waals surface area contributed by atoms with Crippen molar-refractivity contribution in [2.45, 2.75) is 32.3 Å². The van der Waals surface area contributed by atoms with Gasteiger partial charge in [-0.25, -0.2) is 0 Å². The first-order valence-electron chi connectivity index (χ1n) is 6.13. The highest BCUT2D eigenvalue weighted by molar-refractivity contribution is 5.81. The lowest BCUT2D eigenvalue weighted by Gasteiger charge is -2.18. The molecule has 1 amide bonds. The van der Waals surface area contributed by atoms with Crippen molar-refractivity contribution in [2.75, 3.05) is 13.1 Å². The van der Waals surface area contributed by atoms with Gasteiger partial charge >= 0.3 is 0 Å². The molecule has 3 fully saturated rings. The van der Waals surface area contributed by atoms with Crippen molar-refractivity contribution in [3.05, 3.63) is 0 Å². The summed E-state index contributed by atoms with van der Waals surface area (Å²) in [7, 11) is 0. The largest absolute Gasteiger partial charge is 0.393 e. The van der Waals surface area contributed by atoms with Crippen LogP contribution in [-0.4, -0.2) is 35.1 Å². The summed E-state index contributed by atoms with van der Waals surface area (Å²) in [4.78, 5) is 14.0. The van der Waals surface area contributed by atoms with Crippen molar-refractivity contribution >= 4 is 5.91 Å². The maximum atomic E-state index is 12.0. The average Bonchev–Trinajstić information content (AvgIpc) is 2.66. The first-order chi connectivity index (χ1) is 7.16. The lowest BCUT2D eigenvalue weighted by atomic mass is 10.00. The molecule has 2 aliphatic carbocycles. The number of hydrogen-bond donors (Lipinski definition) is 1. The van der Waals surface area contributed by atoms with E-state index in [4.69, 9.17) is 0 Å². The lowest BCUT2D eigenvalue weighted by Crippen LogP contribution is -2.32. The van der Waals surface area contributed by atoms with E-state index in [0.717, 1.165) is 32.4 Å². The van der Waals surface area contributed by atoms with Crippen LogP contribution in [0.4, 0.5) is 0 Å². The maximum absolute atomic E-state index is 12.0. The second-order valence-electron chi connectivity index (χ2n) is 5.63. The van der Waals surface area contributed by atoms with Crippen molar-refractivity contribution in [3.63, 3.8) is 0 Å². The molecule has 5 atom stereocenters. The van der Waals surface area contributed by atoms with Crippen LogP contribution in [0.15, 0.2) is 0 Å². The molecule has 1 heterocycles. The zero-order valence-electron chi connectivity index (χ0n) is 9.22. The third-order valence-corrected chi connectivity index (χ3v) is 4.56. The van der Waals surface area contributed by atoms with Gasteiger partial charge in [0.1, 0.15) is 0 Å². The number of carbonyl (C=O) groups is 1. The second-order valence-corrected chi connectivity index (χ2v) is 5.63. The van der Waals surface area contributed by atoms with Crippen LogP contribution in [0.25, 0.3) is 0 Å². The normalized spacial score (nSPS) is 48.1. The van der Waals surface area contributed by atoms with Crippen LogP contribution < -0.4 is 0 Å². The van der Waals surface area contributed by atoms with E-state index in [-0.39, 0.29) is 6.10 Å². The van der Waals surface area contributed by atoms with Crippen molar-refractivity contribution in [1.29, 1.82) is 0 Å². The smallest absolute Gasteiger partial charge is 0.225 e. The highest BCUT2D eigenvalue weighted by Gasteiger charge is 2.48. The fourth-order valence-electron chi connectivity index (χ4n) is 3.32. The van der Waals surface area contributed by atoms with Crippen molar-refractivity contribution in [2.24, 2.45) is 23.7 Å². The average molecular weight is 209 g/mol. The van der Waals surface area contributed by atoms with Crippen LogP contribution >= 0.6 is 0 Å². The van der Waals surface area contributed by atoms with Crippen LogP contribution in [0, 0.1) is 23.7 Å². The molecule has 1 N–H and O–H groups in total. The third kappa shape index (κ3) is 1.48. The molecule has 3 nitrogen and oxygen atoms in total. The summed E-state index contributed by atoms with van der Waals surface area (Å²) in [6.45, 7) is 3.87. The number of aliphatic hydroxyl groups is 1. The van der Waals surface area contributed by atoms with E-state index < -0.39 is 0 Å². The molecule has 3 rings (SSSR count). The first kappa shape index (κ1) is 9.64. The molecule has 15 heavy (non-hydrogen) atoms. The van der Waals surface area contributed by atoms with Gasteiger partial charge in [-0.05, 0) is 31.1 Å². The van der Waals surface area contributed by atoms with E-state index in [0.29, 0.717) is 29.6 Å². The van der Waals surface area contributed by atoms with Crippen molar-refractivity contribution < 1.29 is 9.90 Å². The topological polar surface area (TPSA) is 40.5 Å². The van der Waals surface area contributed by atoms with Gasteiger partial charge in [0.15, 0.2) is 0 Å².